The van der Waals surface area contributed by atoms with E-state index in [-0.39, 0.29) is 30.4 Å². The van der Waals surface area contributed by atoms with Crippen molar-refractivity contribution in [2.75, 3.05) is 3.38 Å². The number of nitrogens with zero attached hydrogens (tertiary/aromatic N) is 1. The molecule has 0 aliphatic heterocycles. The van der Waals surface area contributed by atoms with Gasteiger partial charge in [0.1, 0.15) is 0 Å². The van der Waals surface area contributed by atoms with Gasteiger partial charge in [0.05, 0.1) is 0 Å². The van der Waals surface area contributed by atoms with E-state index in [0.29, 0.717) is 0 Å². The third kappa shape index (κ3) is 4.85. The molecule has 1 aliphatic rings. The van der Waals surface area contributed by atoms with Crippen molar-refractivity contribution < 1.29 is 45.5 Å². The van der Waals surface area contributed by atoms with Crippen molar-refractivity contribution in [1.29, 1.82) is 0 Å². The van der Waals surface area contributed by atoms with Gasteiger partial charge in [-0.15, -0.1) is 0 Å². The van der Waals surface area contributed by atoms with Gasteiger partial charge in [0, 0.05) is 0 Å². The molecule has 2 aromatic rings. The van der Waals surface area contributed by atoms with Crippen molar-refractivity contribution in [1.82, 2.24) is 0 Å². The van der Waals surface area contributed by atoms with Crippen molar-refractivity contribution in [3.8, 4) is 0 Å². The second-order valence-electron chi connectivity index (χ2n) is 8.38. The Hall–Kier alpha value is -0.986. The Balaban J connectivity index is 0.00000210. The summed E-state index contributed by atoms with van der Waals surface area (Å²) >= 11 is 2.24. The van der Waals surface area contributed by atoms with E-state index in [4.69, 9.17) is 0 Å². The standard InChI is InChI=1S/C25H30N.2ClH.Ti/c1-16-14-18(3)24(19(4)15-16)26-25(6,7)23-11-9-8-10-22(23)21-13-12-17(2)20(21)5;;;/h8-12,14-15H,13H2,1-7H3;2*1H;/q-1;;;+3/p-2. The summed E-state index contributed by atoms with van der Waals surface area (Å²) in [5.74, 6) is 0. The maximum absolute atomic E-state index is 2.46. The molecule has 3 rings (SSSR count). The van der Waals surface area contributed by atoms with Crippen LogP contribution in [-0.4, -0.2) is 0 Å². The van der Waals surface area contributed by atoms with E-state index >= 15 is 0 Å². The molecule has 0 atom stereocenters. The van der Waals surface area contributed by atoms with E-state index in [9.17, 15) is 0 Å². The van der Waals surface area contributed by atoms with Crippen LogP contribution in [0, 0.1) is 20.8 Å². The minimum Gasteiger partial charge on any atom is -1.00 e. The minimum atomic E-state index is -0.120. The van der Waals surface area contributed by atoms with Gasteiger partial charge in [-0.1, -0.05) is 0 Å². The molecule has 0 aromatic heterocycles. The van der Waals surface area contributed by atoms with Crippen LogP contribution in [0.1, 0.15) is 61.9 Å². The van der Waals surface area contributed by atoms with E-state index in [1.807, 2.05) is 0 Å². The van der Waals surface area contributed by atoms with Gasteiger partial charge in [0.25, 0.3) is 0 Å². The quantitative estimate of drug-likeness (QED) is 0.611. The topological polar surface area (TPSA) is 3.24 Å². The summed E-state index contributed by atoms with van der Waals surface area (Å²) < 4.78 is 2.46. The Bertz CT molecular complexity index is 934. The van der Waals surface area contributed by atoms with Crippen molar-refractivity contribution >= 4 is 11.3 Å². The van der Waals surface area contributed by atoms with Crippen LogP contribution in [0.4, 0.5) is 5.69 Å². The zero-order valence-corrected chi connectivity index (χ0v) is 21.5. The molecule has 0 saturated heterocycles. The molecule has 0 unspecified atom stereocenters. The van der Waals surface area contributed by atoms with Crippen LogP contribution in [0.5, 0.6) is 0 Å². The summed E-state index contributed by atoms with van der Waals surface area (Å²) in [4.78, 5) is 0. The average Bonchev–Trinajstić information content (AvgIpc) is 2.93. The number of benzene rings is 2. The van der Waals surface area contributed by atoms with Crippen molar-refractivity contribution in [3.63, 3.8) is 0 Å². The van der Waals surface area contributed by atoms with Gasteiger partial charge in [0.2, 0.25) is 0 Å². The first kappa shape index (κ1) is 26.0. The number of hydrogen-bond acceptors (Lipinski definition) is 1. The normalized spacial score (nSPS) is 13.6. The third-order valence-corrected chi connectivity index (χ3v) is 7.21. The Kier molecular flexibility index (Phi) is 8.88. The molecule has 153 valence electrons. The first-order valence-electron chi connectivity index (χ1n) is 9.70. The molecule has 0 bridgehead atoms. The van der Waals surface area contributed by atoms with Crippen LogP contribution < -0.4 is 28.2 Å². The summed E-state index contributed by atoms with van der Waals surface area (Å²) in [6.07, 6.45) is 3.39. The number of hydrogen-bond donors (Lipinski definition) is 0. The largest absolute Gasteiger partial charge is 1.00 e. The Labute approximate surface area is 201 Å². The molecule has 0 amide bonds. The van der Waals surface area contributed by atoms with Crippen LogP contribution in [-0.2, 0) is 26.2 Å². The maximum atomic E-state index is 2.46. The Morgan fingerprint density at radius 3 is 1.97 bits per heavy atom. The molecular formula is C25H30Cl2NTi. The SMILES string of the molecule is CC1=CCC(c2ccccc2C(C)(C)[N]([Ti+2])c2c(C)cc(C)cc2C)=C1C.[Cl-].[Cl-]. The van der Waals surface area contributed by atoms with Gasteiger partial charge < -0.3 is 24.8 Å². The van der Waals surface area contributed by atoms with Gasteiger partial charge in [0.15, 0.2) is 0 Å². The molecule has 4 heteroatoms. The maximum Gasteiger partial charge on any atom is -1.00 e. The number of anilines is 1. The predicted octanol–water partition coefficient (Wildman–Crippen LogP) is 0.947. The van der Waals surface area contributed by atoms with Crippen molar-refractivity contribution in [2.24, 2.45) is 0 Å². The van der Waals surface area contributed by atoms with Crippen LogP contribution in [0.2, 0.25) is 0 Å². The van der Waals surface area contributed by atoms with E-state index in [1.165, 1.54) is 50.2 Å². The van der Waals surface area contributed by atoms with Crippen LogP contribution >= 0.6 is 0 Å². The molecule has 0 radical (unpaired) electrons. The molecule has 2 aromatic carbocycles. The minimum absolute atomic E-state index is 0. The summed E-state index contributed by atoms with van der Waals surface area (Å²) in [6, 6.07) is 13.5. The summed E-state index contributed by atoms with van der Waals surface area (Å²) in [5, 5.41) is 0. The molecule has 0 fully saturated rings. The molecule has 1 nitrogen and oxygen atoms in total. The second kappa shape index (κ2) is 9.88. The summed E-state index contributed by atoms with van der Waals surface area (Å²) in [5.41, 5.74) is 12.3. The Morgan fingerprint density at radius 2 is 1.45 bits per heavy atom. The molecule has 0 spiro atoms. The third-order valence-electron chi connectivity index (χ3n) is 5.99. The van der Waals surface area contributed by atoms with Gasteiger partial charge in [-0.05, 0) is 0 Å². The number of aryl methyl sites for hydroxylation is 3. The summed E-state index contributed by atoms with van der Waals surface area (Å²) in [7, 11) is 0. The smallest absolute Gasteiger partial charge is 1.00 e. The number of allylic oxidation sites excluding steroid dienone is 4. The van der Waals surface area contributed by atoms with Gasteiger partial charge in [-0.3, -0.25) is 0 Å². The first-order chi connectivity index (χ1) is 12.6. The summed E-state index contributed by atoms with van der Waals surface area (Å²) in [6.45, 7) is 15.8. The zero-order chi connectivity index (χ0) is 19.9. The monoisotopic (exact) mass is 462 g/mol. The Morgan fingerprint density at radius 1 is 0.897 bits per heavy atom. The predicted molar refractivity (Wildman–Crippen MR) is 114 cm³/mol. The van der Waals surface area contributed by atoms with E-state index in [1.54, 1.807) is 0 Å². The molecule has 0 saturated carbocycles. The molecule has 0 heterocycles. The molecule has 29 heavy (non-hydrogen) atoms. The van der Waals surface area contributed by atoms with Crippen LogP contribution in [0.15, 0.2) is 53.6 Å². The zero-order valence-electron chi connectivity index (χ0n) is 18.5. The van der Waals surface area contributed by atoms with Crippen molar-refractivity contribution in [3.05, 3.63) is 81.4 Å². The van der Waals surface area contributed by atoms with E-state index < -0.39 is 0 Å². The molecule has 0 N–H and O–H groups in total. The number of rotatable bonds is 4. The van der Waals surface area contributed by atoms with Crippen LogP contribution in [0.3, 0.4) is 0 Å². The fourth-order valence-corrected chi connectivity index (χ4v) is 5.06. The van der Waals surface area contributed by atoms with Crippen molar-refractivity contribution in [2.45, 2.75) is 60.4 Å². The number of halogens is 2. The van der Waals surface area contributed by atoms with Gasteiger partial charge in [-0.25, -0.2) is 0 Å². The average molecular weight is 463 g/mol. The van der Waals surface area contributed by atoms with Crippen LogP contribution in [0.25, 0.3) is 5.57 Å². The molecular weight excluding hydrogens is 433 g/mol. The second-order valence-corrected chi connectivity index (χ2v) is 9.08. The van der Waals surface area contributed by atoms with E-state index in [2.05, 4.69) is 115 Å². The first-order valence-corrected chi connectivity index (χ1v) is 10.4. The van der Waals surface area contributed by atoms with Gasteiger partial charge >= 0.3 is 177 Å². The van der Waals surface area contributed by atoms with E-state index in [0.717, 1.165) is 6.42 Å². The fraction of sp³-hybridized carbons (Fsp3) is 0.360. The van der Waals surface area contributed by atoms with Gasteiger partial charge in [-0.2, -0.15) is 0 Å². The molecule has 1 aliphatic carbocycles. The fourth-order valence-electron chi connectivity index (χ4n) is 4.32.